The standard InChI is InChI=1S/C14H20N4O3/c1-2-15-14(17-8-7-12(19)10-17)16-9-11-5-3-4-6-13(11)18(20)21/h3-6,12,19H,2,7-10H2,1H3,(H,15,16)/t12-/m1/s1. The lowest BCUT2D eigenvalue weighted by molar-refractivity contribution is -0.385. The lowest BCUT2D eigenvalue weighted by Crippen LogP contribution is -2.40. The van der Waals surface area contributed by atoms with E-state index in [0.717, 1.165) is 13.0 Å². The normalized spacial score (nSPS) is 18.9. The van der Waals surface area contributed by atoms with Gasteiger partial charge in [0.05, 0.1) is 23.1 Å². The van der Waals surface area contributed by atoms with Crippen molar-refractivity contribution in [2.45, 2.75) is 26.0 Å². The first-order valence-electron chi connectivity index (χ1n) is 7.05. The third-order valence-electron chi connectivity index (χ3n) is 3.39. The summed E-state index contributed by atoms with van der Waals surface area (Å²) in [4.78, 5) is 17.0. The molecule has 21 heavy (non-hydrogen) atoms. The number of aliphatic imine (C=N–C) groups is 1. The molecule has 0 radical (unpaired) electrons. The summed E-state index contributed by atoms with van der Waals surface area (Å²) in [7, 11) is 0. The summed E-state index contributed by atoms with van der Waals surface area (Å²) >= 11 is 0. The molecule has 7 heteroatoms. The maximum Gasteiger partial charge on any atom is 0.274 e. The zero-order valence-electron chi connectivity index (χ0n) is 12.0. The summed E-state index contributed by atoms with van der Waals surface area (Å²) in [6, 6.07) is 6.61. The highest BCUT2D eigenvalue weighted by molar-refractivity contribution is 5.80. The maximum absolute atomic E-state index is 11.0. The Morgan fingerprint density at radius 3 is 2.95 bits per heavy atom. The Morgan fingerprint density at radius 2 is 2.33 bits per heavy atom. The Bertz CT molecular complexity index is 533. The SMILES string of the molecule is CCNC(=NCc1ccccc1[N+](=O)[O-])N1CC[C@@H](O)C1. The van der Waals surface area contributed by atoms with Crippen molar-refractivity contribution in [2.24, 2.45) is 4.99 Å². The van der Waals surface area contributed by atoms with E-state index in [9.17, 15) is 15.2 Å². The number of nitro benzene ring substituents is 1. The Hall–Kier alpha value is -2.15. The van der Waals surface area contributed by atoms with Gasteiger partial charge in [-0.2, -0.15) is 0 Å². The molecule has 2 N–H and O–H groups in total. The summed E-state index contributed by atoms with van der Waals surface area (Å²) in [6.07, 6.45) is 0.385. The van der Waals surface area contributed by atoms with Crippen LogP contribution in [-0.4, -0.2) is 46.6 Å². The largest absolute Gasteiger partial charge is 0.391 e. The van der Waals surface area contributed by atoms with Gasteiger partial charge in [0, 0.05) is 25.7 Å². The second-order valence-electron chi connectivity index (χ2n) is 4.94. The molecule has 0 aliphatic carbocycles. The van der Waals surface area contributed by atoms with Crippen LogP contribution in [0.3, 0.4) is 0 Å². The van der Waals surface area contributed by atoms with E-state index < -0.39 is 4.92 Å². The van der Waals surface area contributed by atoms with Crippen LogP contribution in [0.5, 0.6) is 0 Å². The van der Waals surface area contributed by atoms with Crippen LogP contribution in [0.2, 0.25) is 0 Å². The molecule has 1 aromatic carbocycles. The minimum Gasteiger partial charge on any atom is -0.391 e. The molecule has 1 atom stereocenters. The zero-order valence-corrected chi connectivity index (χ0v) is 12.0. The van der Waals surface area contributed by atoms with Crippen molar-refractivity contribution in [1.82, 2.24) is 10.2 Å². The van der Waals surface area contributed by atoms with E-state index in [4.69, 9.17) is 0 Å². The smallest absolute Gasteiger partial charge is 0.274 e. The summed E-state index contributed by atoms with van der Waals surface area (Å²) in [6.45, 7) is 4.20. The second-order valence-corrected chi connectivity index (χ2v) is 4.94. The molecule has 1 aromatic rings. The van der Waals surface area contributed by atoms with Crippen LogP contribution in [0.4, 0.5) is 5.69 Å². The fraction of sp³-hybridized carbons (Fsp3) is 0.500. The fourth-order valence-corrected chi connectivity index (χ4v) is 2.34. The molecule has 7 nitrogen and oxygen atoms in total. The van der Waals surface area contributed by atoms with Gasteiger partial charge in [-0.25, -0.2) is 4.99 Å². The quantitative estimate of drug-likeness (QED) is 0.376. The number of likely N-dealkylation sites (tertiary alicyclic amines) is 1. The highest BCUT2D eigenvalue weighted by Crippen LogP contribution is 2.18. The summed E-state index contributed by atoms with van der Waals surface area (Å²) in [5.74, 6) is 0.687. The molecule has 0 bridgehead atoms. The van der Waals surface area contributed by atoms with Crippen molar-refractivity contribution in [2.75, 3.05) is 19.6 Å². The van der Waals surface area contributed by atoms with Crippen molar-refractivity contribution < 1.29 is 10.0 Å². The molecule has 0 unspecified atom stereocenters. The minimum atomic E-state index is -0.391. The van der Waals surface area contributed by atoms with Gasteiger partial charge in [0.1, 0.15) is 0 Å². The molecule has 114 valence electrons. The van der Waals surface area contributed by atoms with Crippen molar-refractivity contribution >= 4 is 11.6 Å². The Balaban J connectivity index is 2.14. The van der Waals surface area contributed by atoms with Crippen molar-refractivity contribution in [3.05, 3.63) is 39.9 Å². The third kappa shape index (κ3) is 3.91. The van der Waals surface area contributed by atoms with Crippen molar-refractivity contribution in [3.63, 3.8) is 0 Å². The molecule has 1 aliphatic heterocycles. The lowest BCUT2D eigenvalue weighted by Gasteiger charge is -2.20. The van der Waals surface area contributed by atoms with Crippen molar-refractivity contribution in [1.29, 1.82) is 0 Å². The van der Waals surface area contributed by atoms with E-state index in [-0.39, 0.29) is 18.3 Å². The van der Waals surface area contributed by atoms with Crippen LogP contribution in [0.1, 0.15) is 18.9 Å². The van der Waals surface area contributed by atoms with E-state index in [1.54, 1.807) is 18.2 Å². The summed E-state index contributed by atoms with van der Waals surface area (Å²) in [5, 5.41) is 23.8. The van der Waals surface area contributed by atoms with Gasteiger partial charge >= 0.3 is 0 Å². The molecule has 1 heterocycles. The van der Waals surface area contributed by atoms with Crippen LogP contribution >= 0.6 is 0 Å². The minimum absolute atomic E-state index is 0.0820. The average Bonchev–Trinajstić information content (AvgIpc) is 2.90. The van der Waals surface area contributed by atoms with Crippen LogP contribution in [0, 0.1) is 10.1 Å². The third-order valence-corrected chi connectivity index (χ3v) is 3.39. The first-order chi connectivity index (χ1) is 10.1. The number of nitrogens with one attached hydrogen (secondary N) is 1. The number of guanidine groups is 1. The topological polar surface area (TPSA) is 91.0 Å². The number of rotatable bonds is 4. The van der Waals surface area contributed by atoms with Crippen LogP contribution in [0.25, 0.3) is 0 Å². The Kier molecular flexibility index (Phi) is 5.10. The van der Waals surface area contributed by atoms with Gasteiger partial charge in [-0.05, 0) is 13.3 Å². The number of aliphatic hydroxyl groups is 1. The van der Waals surface area contributed by atoms with E-state index >= 15 is 0 Å². The van der Waals surface area contributed by atoms with E-state index in [1.807, 2.05) is 11.8 Å². The maximum atomic E-state index is 11.0. The van der Waals surface area contributed by atoms with Gasteiger partial charge in [-0.1, -0.05) is 18.2 Å². The van der Waals surface area contributed by atoms with Crippen LogP contribution in [0.15, 0.2) is 29.3 Å². The summed E-state index contributed by atoms with van der Waals surface area (Å²) < 4.78 is 0. The van der Waals surface area contributed by atoms with Gasteiger partial charge in [0.25, 0.3) is 5.69 Å². The first-order valence-corrected chi connectivity index (χ1v) is 7.05. The predicted molar refractivity (Wildman–Crippen MR) is 80.1 cm³/mol. The Morgan fingerprint density at radius 1 is 1.57 bits per heavy atom. The molecule has 0 spiro atoms. The summed E-state index contributed by atoms with van der Waals surface area (Å²) in [5.41, 5.74) is 0.663. The van der Waals surface area contributed by atoms with E-state index in [2.05, 4.69) is 10.3 Å². The van der Waals surface area contributed by atoms with E-state index in [0.29, 0.717) is 24.6 Å². The number of benzene rings is 1. The molecule has 1 aliphatic rings. The molecule has 0 saturated carbocycles. The van der Waals surface area contributed by atoms with Gasteiger partial charge in [0.15, 0.2) is 5.96 Å². The fourth-order valence-electron chi connectivity index (χ4n) is 2.34. The second kappa shape index (κ2) is 7.03. The highest BCUT2D eigenvalue weighted by atomic mass is 16.6. The predicted octanol–water partition coefficient (Wildman–Crippen LogP) is 1.13. The molecular formula is C14H20N4O3. The van der Waals surface area contributed by atoms with Crippen LogP contribution in [-0.2, 0) is 6.54 Å². The number of nitrogens with zero attached hydrogens (tertiary/aromatic N) is 3. The molecule has 1 fully saturated rings. The average molecular weight is 292 g/mol. The first kappa shape index (κ1) is 15.2. The molecule has 0 amide bonds. The lowest BCUT2D eigenvalue weighted by atomic mass is 10.2. The van der Waals surface area contributed by atoms with Crippen LogP contribution < -0.4 is 5.32 Å². The number of nitro groups is 1. The molecule has 0 aromatic heterocycles. The number of para-hydroxylation sites is 1. The van der Waals surface area contributed by atoms with Gasteiger partial charge < -0.3 is 15.3 Å². The molecular weight excluding hydrogens is 272 g/mol. The monoisotopic (exact) mass is 292 g/mol. The molecule has 2 rings (SSSR count). The van der Waals surface area contributed by atoms with Gasteiger partial charge in [-0.15, -0.1) is 0 Å². The molecule has 1 saturated heterocycles. The number of hydrogen-bond acceptors (Lipinski definition) is 4. The van der Waals surface area contributed by atoms with Gasteiger partial charge in [-0.3, -0.25) is 10.1 Å². The Labute approximate surface area is 123 Å². The number of β-amino-alcohol motifs (C(OH)–C–C–N with tert-alkyl or cyclic N) is 1. The van der Waals surface area contributed by atoms with Gasteiger partial charge in [0.2, 0.25) is 0 Å². The van der Waals surface area contributed by atoms with E-state index in [1.165, 1.54) is 6.07 Å². The van der Waals surface area contributed by atoms with Crippen molar-refractivity contribution in [3.8, 4) is 0 Å². The number of aliphatic hydroxyl groups excluding tert-OH is 1. The highest BCUT2D eigenvalue weighted by Gasteiger charge is 2.23. The number of hydrogen-bond donors (Lipinski definition) is 2. The zero-order chi connectivity index (χ0) is 15.2.